The van der Waals surface area contributed by atoms with Gasteiger partial charge in [-0.3, -0.25) is 0 Å². The molecule has 0 aliphatic heterocycles. The van der Waals surface area contributed by atoms with Gasteiger partial charge in [0.25, 0.3) is 0 Å². The number of benzene rings is 12. The third kappa shape index (κ3) is 6.03. The van der Waals surface area contributed by atoms with Crippen LogP contribution < -0.4 is 0 Å². The predicted molar refractivity (Wildman–Crippen MR) is 296 cm³/mol. The van der Waals surface area contributed by atoms with Crippen LogP contribution in [0.4, 0.5) is 0 Å². The fourth-order valence-corrected chi connectivity index (χ4v) is 11.9. The van der Waals surface area contributed by atoms with E-state index in [0.717, 1.165) is 60.5 Å². The summed E-state index contributed by atoms with van der Waals surface area (Å²) in [6.45, 7) is 0. The summed E-state index contributed by atoms with van der Waals surface area (Å²) in [6.07, 6.45) is 0. The van der Waals surface area contributed by atoms with Crippen molar-refractivity contribution < 1.29 is 4.42 Å². The van der Waals surface area contributed by atoms with E-state index in [2.05, 4.69) is 243 Å². The zero-order valence-corrected chi connectivity index (χ0v) is 38.9. The smallest absolute Gasteiger partial charge is 0.164 e. The molecule has 12 aromatic carbocycles. The van der Waals surface area contributed by atoms with E-state index in [1.165, 1.54) is 65.7 Å². The van der Waals surface area contributed by atoms with Crippen LogP contribution in [-0.4, -0.2) is 15.0 Å². The highest BCUT2D eigenvalue weighted by atomic mass is 16.3. The van der Waals surface area contributed by atoms with Crippen molar-refractivity contribution in [3.8, 4) is 56.4 Å². The molecule has 2 heterocycles. The second-order valence-corrected chi connectivity index (χ2v) is 19.0. The fraction of sp³-hybridized carbons (Fsp3) is 0.0147. The van der Waals surface area contributed by atoms with E-state index in [-0.39, 0.29) is 0 Å². The molecule has 334 valence electrons. The standard InChI is InChI=1S/C68H41N3O/c1-4-16-42(17-5-1)47-19-14-20-48(38-47)65-69-66(49-37-32-44-31-34-46-36-35-45-33-30-43-18-10-11-25-52(43)62(45)63(46)55(44)39-49)71-67(70-65)54-27-15-29-60-64(54)57-40-56-53-26-12-13-28-58(53)68(50-21-6-2-7-22-50,51-23-8-3-9-24-51)59(56)41-61(57)72-60/h1-41H. The van der Waals surface area contributed by atoms with Crippen molar-refractivity contribution >= 4 is 65.0 Å². The van der Waals surface area contributed by atoms with Crippen molar-refractivity contribution in [2.45, 2.75) is 5.41 Å². The van der Waals surface area contributed by atoms with Gasteiger partial charge in [-0.25, -0.2) is 15.0 Å². The molecule has 0 atom stereocenters. The van der Waals surface area contributed by atoms with E-state index in [0.29, 0.717) is 17.5 Å². The van der Waals surface area contributed by atoms with Gasteiger partial charge in [0.05, 0.1) is 5.41 Å². The highest BCUT2D eigenvalue weighted by molar-refractivity contribution is 6.27. The molecule has 0 N–H and O–H groups in total. The van der Waals surface area contributed by atoms with E-state index < -0.39 is 5.41 Å². The van der Waals surface area contributed by atoms with Gasteiger partial charge in [-0.05, 0) is 118 Å². The van der Waals surface area contributed by atoms with E-state index in [4.69, 9.17) is 19.4 Å². The van der Waals surface area contributed by atoms with Crippen LogP contribution in [0.5, 0.6) is 0 Å². The summed E-state index contributed by atoms with van der Waals surface area (Å²) in [6, 6.07) is 89.3. The van der Waals surface area contributed by atoms with Crippen molar-refractivity contribution in [2.24, 2.45) is 0 Å². The normalized spacial score (nSPS) is 12.8. The van der Waals surface area contributed by atoms with Gasteiger partial charge in [0, 0.05) is 27.5 Å². The molecule has 4 nitrogen and oxygen atoms in total. The summed E-state index contributed by atoms with van der Waals surface area (Å²) in [4.78, 5) is 16.2. The molecule has 14 aromatic rings. The number of nitrogens with zero attached hydrogens (tertiary/aromatic N) is 3. The predicted octanol–water partition coefficient (Wildman–Crippen LogP) is 17.4. The largest absolute Gasteiger partial charge is 0.456 e. The number of hydrogen-bond acceptors (Lipinski definition) is 4. The quantitative estimate of drug-likeness (QED) is 0.156. The van der Waals surface area contributed by atoms with Crippen LogP contribution in [0, 0.1) is 0 Å². The number of hydrogen-bond donors (Lipinski definition) is 0. The number of fused-ring (bicyclic) bond motifs is 13. The first-order valence-corrected chi connectivity index (χ1v) is 24.6. The van der Waals surface area contributed by atoms with E-state index in [1.807, 2.05) is 6.07 Å². The van der Waals surface area contributed by atoms with Gasteiger partial charge < -0.3 is 4.42 Å². The van der Waals surface area contributed by atoms with Crippen LogP contribution in [0.15, 0.2) is 253 Å². The highest BCUT2D eigenvalue weighted by Crippen LogP contribution is 2.57. The molecule has 0 radical (unpaired) electrons. The average Bonchev–Trinajstić information content (AvgIpc) is 3.98. The maximum absolute atomic E-state index is 6.98. The molecular weight excluding hydrogens is 875 g/mol. The Hall–Kier alpha value is -9.51. The molecule has 0 saturated carbocycles. The molecule has 4 heteroatoms. The molecule has 15 rings (SSSR count). The van der Waals surface area contributed by atoms with Gasteiger partial charge in [0.1, 0.15) is 11.2 Å². The molecule has 0 fully saturated rings. The molecule has 0 spiro atoms. The number of furan rings is 1. The summed E-state index contributed by atoms with van der Waals surface area (Å²) < 4.78 is 6.98. The second-order valence-electron chi connectivity index (χ2n) is 19.0. The molecule has 0 amide bonds. The molecule has 1 aliphatic rings. The summed E-state index contributed by atoms with van der Waals surface area (Å²) in [5, 5.41) is 11.6. The Labute approximate surface area is 415 Å². The number of rotatable bonds is 6. The van der Waals surface area contributed by atoms with E-state index >= 15 is 0 Å². The maximum atomic E-state index is 6.98. The molecule has 72 heavy (non-hydrogen) atoms. The van der Waals surface area contributed by atoms with Gasteiger partial charge in [-0.1, -0.05) is 218 Å². The Balaban J connectivity index is 0.981. The third-order valence-corrected chi connectivity index (χ3v) is 15.1. The van der Waals surface area contributed by atoms with Crippen LogP contribution >= 0.6 is 0 Å². The lowest BCUT2D eigenvalue weighted by Gasteiger charge is -2.33. The van der Waals surface area contributed by atoms with Crippen LogP contribution in [0.1, 0.15) is 22.3 Å². The van der Waals surface area contributed by atoms with Crippen molar-refractivity contribution in [2.75, 3.05) is 0 Å². The summed E-state index contributed by atoms with van der Waals surface area (Å²) in [5.74, 6) is 1.77. The van der Waals surface area contributed by atoms with Crippen LogP contribution in [0.25, 0.3) is 121 Å². The summed E-state index contributed by atoms with van der Waals surface area (Å²) in [5.41, 5.74) is 13.2. The minimum Gasteiger partial charge on any atom is -0.456 e. The Kier molecular flexibility index (Phi) is 8.84. The molecule has 2 aromatic heterocycles. The molecular formula is C68H41N3O. The monoisotopic (exact) mass is 915 g/mol. The second kappa shape index (κ2) is 15.8. The van der Waals surface area contributed by atoms with E-state index in [9.17, 15) is 0 Å². The van der Waals surface area contributed by atoms with Crippen molar-refractivity contribution in [3.05, 3.63) is 271 Å². The van der Waals surface area contributed by atoms with Crippen molar-refractivity contribution in [3.63, 3.8) is 0 Å². The lowest BCUT2D eigenvalue weighted by Crippen LogP contribution is -2.28. The molecule has 0 bridgehead atoms. The first-order valence-electron chi connectivity index (χ1n) is 24.6. The number of aromatic nitrogens is 3. The van der Waals surface area contributed by atoms with Gasteiger partial charge in [0.2, 0.25) is 0 Å². The third-order valence-electron chi connectivity index (χ3n) is 15.1. The van der Waals surface area contributed by atoms with Gasteiger partial charge in [-0.2, -0.15) is 0 Å². The lowest BCUT2D eigenvalue weighted by molar-refractivity contribution is 0.666. The zero-order chi connectivity index (χ0) is 47.3. The molecule has 0 saturated heterocycles. The Bertz CT molecular complexity index is 4450. The average molecular weight is 916 g/mol. The van der Waals surface area contributed by atoms with E-state index in [1.54, 1.807) is 0 Å². The van der Waals surface area contributed by atoms with Crippen LogP contribution in [0.3, 0.4) is 0 Å². The highest BCUT2D eigenvalue weighted by Gasteiger charge is 2.46. The Morgan fingerprint density at radius 1 is 0.278 bits per heavy atom. The summed E-state index contributed by atoms with van der Waals surface area (Å²) >= 11 is 0. The van der Waals surface area contributed by atoms with Gasteiger partial charge >= 0.3 is 0 Å². The fourth-order valence-electron chi connectivity index (χ4n) is 11.9. The minimum absolute atomic E-state index is 0.554. The first-order chi connectivity index (χ1) is 35.7. The zero-order valence-electron chi connectivity index (χ0n) is 38.9. The SMILES string of the molecule is c1ccc(-c2cccc(-c3nc(-c4ccc5ccc6ccc7ccc8ccccc8c7c6c5c4)nc(-c4cccc5oc6cc7c(cc6c45)-c4ccccc4C7(c4ccccc4)c4ccccc4)n3)c2)cc1. The first kappa shape index (κ1) is 40.4. The lowest BCUT2D eigenvalue weighted by atomic mass is 9.67. The molecule has 1 aliphatic carbocycles. The van der Waals surface area contributed by atoms with Crippen LogP contribution in [-0.2, 0) is 5.41 Å². The topological polar surface area (TPSA) is 51.8 Å². The summed E-state index contributed by atoms with van der Waals surface area (Å²) in [7, 11) is 0. The maximum Gasteiger partial charge on any atom is 0.164 e. The van der Waals surface area contributed by atoms with Gasteiger partial charge in [0.15, 0.2) is 17.5 Å². The van der Waals surface area contributed by atoms with Crippen molar-refractivity contribution in [1.29, 1.82) is 0 Å². The van der Waals surface area contributed by atoms with Crippen LogP contribution in [0.2, 0.25) is 0 Å². The van der Waals surface area contributed by atoms with Crippen molar-refractivity contribution in [1.82, 2.24) is 15.0 Å². The Morgan fingerprint density at radius 2 is 0.819 bits per heavy atom. The van der Waals surface area contributed by atoms with Gasteiger partial charge in [-0.15, -0.1) is 0 Å². The Morgan fingerprint density at radius 3 is 1.57 bits per heavy atom. The minimum atomic E-state index is -0.554. The molecule has 0 unspecified atom stereocenters.